The molecule has 2 rings (SSSR count). The topological polar surface area (TPSA) is 80.6 Å². The summed E-state index contributed by atoms with van der Waals surface area (Å²) in [5.41, 5.74) is 2.90. The normalized spacial score (nSPS) is 10.0. The van der Waals surface area contributed by atoms with Crippen molar-refractivity contribution in [3.63, 3.8) is 0 Å². The summed E-state index contributed by atoms with van der Waals surface area (Å²) >= 11 is 0. The van der Waals surface area contributed by atoms with Gasteiger partial charge in [-0.3, -0.25) is 4.79 Å². The van der Waals surface area contributed by atoms with Crippen molar-refractivity contribution in [2.75, 3.05) is 25.1 Å². The summed E-state index contributed by atoms with van der Waals surface area (Å²) < 4.78 is 16.6. The van der Waals surface area contributed by atoms with E-state index in [4.69, 9.17) is 14.2 Å². The monoisotopic (exact) mass is 368 g/mol. The smallest absolute Gasteiger partial charge is 0.262 e. The number of hydrogen-bond donors (Lipinski definition) is 1. The van der Waals surface area contributed by atoms with Crippen LogP contribution in [-0.4, -0.2) is 25.7 Å². The van der Waals surface area contributed by atoms with Gasteiger partial charge in [-0.1, -0.05) is 6.07 Å². The Bertz CT molecular complexity index is 856. The predicted molar refractivity (Wildman–Crippen MR) is 104 cm³/mol. The minimum Gasteiger partial charge on any atom is -0.490 e. The first-order chi connectivity index (χ1) is 13.0. The number of nitriles is 1. The summed E-state index contributed by atoms with van der Waals surface area (Å²) in [7, 11) is 0. The molecule has 0 saturated carbocycles. The quantitative estimate of drug-likeness (QED) is 0.762. The van der Waals surface area contributed by atoms with Crippen LogP contribution in [0.2, 0.25) is 0 Å². The largest absolute Gasteiger partial charge is 0.490 e. The van der Waals surface area contributed by atoms with Crippen molar-refractivity contribution >= 4 is 11.6 Å². The highest BCUT2D eigenvalue weighted by Crippen LogP contribution is 2.33. The van der Waals surface area contributed by atoms with Gasteiger partial charge in [-0.25, -0.2) is 0 Å². The standard InChI is InChI=1S/C21H24N2O4/c1-5-25-19-10-16(12-22)18(11-20(19)26-6-2)23-21(24)13-27-17-8-7-14(3)15(4)9-17/h7-11H,5-6,13H2,1-4H3,(H,23,24). The van der Waals surface area contributed by atoms with Crippen LogP contribution < -0.4 is 19.5 Å². The molecule has 0 aliphatic carbocycles. The minimum absolute atomic E-state index is 0.162. The van der Waals surface area contributed by atoms with Crippen LogP contribution in [0.5, 0.6) is 17.2 Å². The first-order valence-electron chi connectivity index (χ1n) is 8.82. The molecule has 0 aliphatic rings. The lowest BCUT2D eigenvalue weighted by molar-refractivity contribution is -0.118. The molecule has 1 N–H and O–H groups in total. The number of benzene rings is 2. The van der Waals surface area contributed by atoms with Crippen molar-refractivity contribution in [1.82, 2.24) is 0 Å². The van der Waals surface area contributed by atoms with Crippen molar-refractivity contribution in [2.45, 2.75) is 27.7 Å². The Balaban J connectivity index is 2.12. The van der Waals surface area contributed by atoms with Gasteiger partial charge in [0.2, 0.25) is 0 Å². The number of carbonyl (C=O) groups excluding carboxylic acids is 1. The molecule has 0 fully saturated rings. The van der Waals surface area contributed by atoms with Crippen LogP contribution in [0.3, 0.4) is 0 Å². The van der Waals surface area contributed by atoms with E-state index in [9.17, 15) is 10.1 Å². The summed E-state index contributed by atoms with van der Waals surface area (Å²) in [4.78, 5) is 12.3. The third kappa shape index (κ3) is 5.38. The van der Waals surface area contributed by atoms with Crippen LogP contribution in [0.4, 0.5) is 5.69 Å². The first-order valence-corrected chi connectivity index (χ1v) is 8.82. The fraction of sp³-hybridized carbons (Fsp3) is 0.333. The van der Waals surface area contributed by atoms with Crippen molar-refractivity contribution in [3.05, 3.63) is 47.0 Å². The number of nitrogens with one attached hydrogen (secondary N) is 1. The molecule has 6 nitrogen and oxygen atoms in total. The molecule has 27 heavy (non-hydrogen) atoms. The van der Waals surface area contributed by atoms with Crippen LogP contribution in [0.15, 0.2) is 30.3 Å². The maximum absolute atomic E-state index is 12.3. The Morgan fingerprint density at radius 2 is 1.67 bits per heavy atom. The molecule has 0 bridgehead atoms. The van der Waals surface area contributed by atoms with Crippen molar-refractivity contribution in [3.8, 4) is 23.3 Å². The molecule has 1 amide bonds. The second-order valence-electron chi connectivity index (χ2n) is 5.91. The van der Waals surface area contributed by atoms with Gasteiger partial charge in [0.1, 0.15) is 11.8 Å². The average Bonchev–Trinajstić information content (AvgIpc) is 2.65. The number of hydrogen-bond acceptors (Lipinski definition) is 5. The zero-order chi connectivity index (χ0) is 19.8. The van der Waals surface area contributed by atoms with Crippen LogP contribution in [0.1, 0.15) is 30.5 Å². The summed E-state index contributed by atoms with van der Waals surface area (Å²) in [6.45, 7) is 8.42. The van der Waals surface area contributed by atoms with Crippen molar-refractivity contribution in [1.29, 1.82) is 5.26 Å². The summed E-state index contributed by atoms with van der Waals surface area (Å²) in [5.74, 6) is 1.20. The lowest BCUT2D eigenvalue weighted by Crippen LogP contribution is -2.21. The van der Waals surface area contributed by atoms with Gasteiger partial charge in [-0.05, 0) is 51.0 Å². The van der Waals surface area contributed by atoms with Crippen LogP contribution in [0.25, 0.3) is 0 Å². The van der Waals surface area contributed by atoms with Crippen molar-refractivity contribution < 1.29 is 19.0 Å². The van der Waals surface area contributed by atoms with E-state index in [0.717, 1.165) is 11.1 Å². The Morgan fingerprint density at radius 1 is 1.00 bits per heavy atom. The van der Waals surface area contributed by atoms with Gasteiger partial charge < -0.3 is 19.5 Å². The highest BCUT2D eigenvalue weighted by atomic mass is 16.5. The summed E-state index contributed by atoms with van der Waals surface area (Å²) in [6, 6.07) is 10.9. The second kappa shape index (κ2) is 9.48. The third-order valence-electron chi connectivity index (χ3n) is 3.93. The van der Waals surface area contributed by atoms with Crippen LogP contribution in [0, 0.1) is 25.2 Å². The molecule has 0 heterocycles. The molecule has 0 unspecified atom stereocenters. The number of aryl methyl sites for hydroxylation is 2. The van der Waals surface area contributed by atoms with E-state index in [1.54, 1.807) is 12.1 Å². The van der Waals surface area contributed by atoms with E-state index in [1.165, 1.54) is 0 Å². The van der Waals surface area contributed by atoms with Gasteiger partial charge in [0.15, 0.2) is 18.1 Å². The van der Waals surface area contributed by atoms with Gasteiger partial charge in [0, 0.05) is 12.1 Å². The summed E-state index contributed by atoms with van der Waals surface area (Å²) in [5, 5.41) is 12.1. The van der Waals surface area contributed by atoms with Gasteiger partial charge in [0.25, 0.3) is 5.91 Å². The Morgan fingerprint density at radius 3 is 2.26 bits per heavy atom. The van der Waals surface area contributed by atoms with Gasteiger partial charge in [0.05, 0.1) is 24.5 Å². The van der Waals surface area contributed by atoms with Crippen LogP contribution in [-0.2, 0) is 4.79 Å². The minimum atomic E-state index is -0.365. The second-order valence-corrected chi connectivity index (χ2v) is 5.91. The molecule has 0 saturated heterocycles. The number of nitrogens with zero attached hydrogens (tertiary/aromatic N) is 1. The Kier molecular flexibility index (Phi) is 7.07. The highest BCUT2D eigenvalue weighted by Gasteiger charge is 2.14. The molecule has 6 heteroatoms. The maximum Gasteiger partial charge on any atom is 0.262 e. The number of carbonyl (C=O) groups is 1. The van der Waals surface area contributed by atoms with E-state index in [-0.39, 0.29) is 12.5 Å². The fourth-order valence-electron chi connectivity index (χ4n) is 2.43. The molecule has 142 valence electrons. The van der Waals surface area contributed by atoms with Gasteiger partial charge in [-0.15, -0.1) is 0 Å². The molecular weight excluding hydrogens is 344 g/mol. The average molecular weight is 368 g/mol. The van der Waals surface area contributed by atoms with E-state index >= 15 is 0 Å². The third-order valence-corrected chi connectivity index (χ3v) is 3.93. The van der Waals surface area contributed by atoms with Crippen LogP contribution >= 0.6 is 0 Å². The number of rotatable bonds is 8. The number of ether oxygens (including phenoxy) is 3. The molecule has 0 aromatic heterocycles. The van der Waals surface area contributed by atoms with Gasteiger partial charge >= 0.3 is 0 Å². The molecule has 0 aliphatic heterocycles. The molecule has 2 aromatic carbocycles. The molecule has 2 aromatic rings. The van der Waals surface area contributed by atoms with Crippen molar-refractivity contribution in [2.24, 2.45) is 0 Å². The zero-order valence-electron chi connectivity index (χ0n) is 16.1. The molecule has 0 atom stereocenters. The predicted octanol–water partition coefficient (Wildman–Crippen LogP) is 3.99. The highest BCUT2D eigenvalue weighted by molar-refractivity contribution is 5.93. The Labute approximate surface area is 159 Å². The lowest BCUT2D eigenvalue weighted by atomic mass is 10.1. The lowest BCUT2D eigenvalue weighted by Gasteiger charge is -2.15. The van der Waals surface area contributed by atoms with E-state index in [1.807, 2.05) is 45.9 Å². The van der Waals surface area contributed by atoms with E-state index < -0.39 is 0 Å². The SMILES string of the molecule is CCOc1cc(C#N)c(NC(=O)COc2ccc(C)c(C)c2)cc1OCC. The molecular formula is C21H24N2O4. The molecule has 0 spiro atoms. The van der Waals surface area contributed by atoms with E-state index in [2.05, 4.69) is 11.4 Å². The summed E-state index contributed by atoms with van der Waals surface area (Å²) in [6.07, 6.45) is 0. The first kappa shape index (κ1) is 20.1. The number of anilines is 1. The van der Waals surface area contributed by atoms with E-state index in [0.29, 0.717) is 41.7 Å². The maximum atomic E-state index is 12.3. The zero-order valence-corrected chi connectivity index (χ0v) is 16.1. The number of amides is 1. The Hall–Kier alpha value is -3.20. The fourth-order valence-corrected chi connectivity index (χ4v) is 2.43. The molecule has 0 radical (unpaired) electrons. The van der Waals surface area contributed by atoms with Gasteiger partial charge in [-0.2, -0.15) is 5.26 Å².